The minimum atomic E-state index is -0.239. The van der Waals surface area contributed by atoms with Crippen molar-refractivity contribution >= 4 is 6.03 Å². The number of rotatable bonds is 3. The Morgan fingerprint density at radius 2 is 1.93 bits per heavy atom. The smallest absolute Gasteiger partial charge is 0.318 e. The van der Waals surface area contributed by atoms with Crippen LogP contribution in [0, 0.1) is 11.2 Å². The number of allylic oxidation sites excluding steroid dienone is 1. The van der Waals surface area contributed by atoms with Crippen LogP contribution in [0.1, 0.15) is 56.6 Å². The van der Waals surface area contributed by atoms with Crippen molar-refractivity contribution in [1.29, 1.82) is 0 Å². The highest BCUT2D eigenvalue weighted by Gasteiger charge is 2.42. The summed E-state index contributed by atoms with van der Waals surface area (Å²) in [5.74, 6) is -0.239. The summed E-state index contributed by atoms with van der Waals surface area (Å²) in [4.78, 5) is 17.5. The van der Waals surface area contributed by atoms with E-state index in [0.29, 0.717) is 11.5 Å². The van der Waals surface area contributed by atoms with Crippen LogP contribution in [0.3, 0.4) is 0 Å². The predicted octanol–water partition coefficient (Wildman–Crippen LogP) is 4.80. The maximum Gasteiger partial charge on any atom is 0.318 e. The molecule has 2 fully saturated rings. The normalized spacial score (nSPS) is 29.5. The standard InChI is InChI=1S/C25H32FN3O/c1-28(2)21-14-20(15-21)27-24(30)29-13-9-18-16-25(10-3-11-25)12-8-22(18)23(29)17-4-6-19(26)7-5-17/h4-8,12,20-21,23H,3,9-11,13-16H2,1-2H3,(H,27,30)/t20-,21+,23-/m0/s1. The molecule has 2 saturated carbocycles. The molecule has 160 valence electrons. The van der Waals surface area contributed by atoms with Gasteiger partial charge >= 0.3 is 6.03 Å². The Hall–Kier alpha value is -2.14. The molecule has 4 aliphatic rings. The largest absolute Gasteiger partial charge is 0.335 e. The van der Waals surface area contributed by atoms with Crippen LogP contribution in [0.5, 0.6) is 0 Å². The number of carbonyl (C=O) groups excluding carboxylic acids is 1. The number of hydrogen-bond acceptors (Lipinski definition) is 2. The van der Waals surface area contributed by atoms with Crippen molar-refractivity contribution in [3.63, 3.8) is 0 Å². The molecular weight excluding hydrogens is 377 g/mol. The SMILES string of the molecule is CN(C)[C@H]1C[C@@H](NC(=O)N2CCC3=C(C=CC4(CCC4)C3)[C@@H]2c2ccc(F)cc2)C1. The molecule has 1 heterocycles. The summed E-state index contributed by atoms with van der Waals surface area (Å²) >= 11 is 0. The van der Waals surface area contributed by atoms with E-state index in [4.69, 9.17) is 0 Å². The Morgan fingerprint density at radius 3 is 2.57 bits per heavy atom. The van der Waals surface area contributed by atoms with Gasteiger partial charge in [-0.3, -0.25) is 0 Å². The van der Waals surface area contributed by atoms with E-state index < -0.39 is 0 Å². The number of halogens is 1. The number of amides is 2. The van der Waals surface area contributed by atoms with Gasteiger partial charge in [-0.25, -0.2) is 9.18 Å². The van der Waals surface area contributed by atoms with Gasteiger partial charge in [-0.05, 0) is 81.3 Å². The van der Waals surface area contributed by atoms with Crippen LogP contribution in [-0.2, 0) is 0 Å². The fourth-order valence-corrected chi connectivity index (χ4v) is 5.62. The molecule has 0 radical (unpaired) electrons. The van der Waals surface area contributed by atoms with Crippen molar-refractivity contribution in [3.8, 4) is 0 Å². The van der Waals surface area contributed by atoms with E-state index in [9.17, 15) is 9.18 Å². The molecular formula is C25H32FN3O. The Bertz CT molecular complexity index is 878. The predicted molar refractivity (Wildman–Crippen MR) is 117 cm³/mol. The molecule has 1 atom stereocenters. The third-order valence-corrected chi connectivity index (χ3v) is 7.82. The molecule has 3 aliphatic carbocycles. The molecule has 2 amide bonds. The quantitative estimate of drug-likeness (QED) is 0.778. The molecule has 0 aromatic heterocycles. The number of benzene rings is 1. The number of hydrogen-bond donors (Lipinski definition) is 1. The zero-order valence-electron chi connectivity index (χ0n) is 18.0. The summed E-state index contributed by atoms with van der Waals surface area (Å²) < 4.78 is 13.6. The van der Waals surface area contributed by atoms with Crippen molar-refractivity contribution < 1.29 is 9.18 Å². The minimum Gasteiger partial charge on any atom is -0.335 e. The van der Waals surface area contributed by atoms with Gasteiger partial charge in [-0.15, -0.1) is 0 Å². The molecule has 0 bridgehead atoms. The average molecular weight is 410 g/mol. The lowest BCUT2D eigenvalue weighted by atomic mass is 9.61. The van der Waals surface area contributed by atoms with Crippen LogP contribution in [0.25, 0.3) is 0 Å². The molecule has 0 saturated heterocycles. The maximum atomic E-state index is 13.6. The fourth-order valence-electron chi connectivity index (χ4n) is 5.62. The molecule has 0 unspecified atom stereocenters. The molecule has 1 N–H and O–H groups in total. The van der Waals surface area contributed by atoms with Crippen molar-refractivity contribution in [3.05, 3.63) is 58.9 Å². The number of carbonyl (C=O) groups is 1. The van der Waals surface area contributed by atoms with Gasteiger partial charge in [0.05, 0.1) is 6.04 Å². The lowest BCUT2D eigenvalue weighted by Gasteiger charge is -2.47. The first-order valence-electron chi connectivity index (χ1n) is 11.3. The van der Waals surface area contributed by atoms with E-state index >= 15 is 0 Å². The molecule has 1 aliphatic heterocycles. The van der Waals surface area contributed by atoms with Gasteiger partial charge in [0.25, 0.3) is 0 Å². The summed E-state index contributed by atoms with van der Waals surface area (Å²) in [5, 5.41) is 3.26. The van der Waals surface area contributed by atoms with Gasteiger partial charge in [0.2, 0.25) is 0 Å². The number of nitrogens with one attached hydrogen (secondary N) is 1. The summed E-state index contributed by atoms with van der Waals surface area (Å²) in [5.41, 5.74) is 4.10. The second kappa shape index (κ2) is 7.52. The van der Waals surface area contributed by atoms with Crippen LogP contribution < -0.4 is 5.32 Å². The lowest BCUT2D eigenvalue weighted by molar-refractivity contribution is 0.129. The van der Waals surface area contributed by atoms with Crippen molar-refractivity contribution in [2.75, 3.05) is 20.6 Å². The molecule has 1 aromatic carbocycles. The highest BCUT2D eigenvalue weighted by atomic mass is 19.1. The second-order valence-corrected chi connectivity index (χ2v) is 9.92. The van der Waals surface area contributed by atoms with E-state index in [-0.39, 0.29) is 23.9 Å². The van der Waals surface area contributed by atoms with E-state index in [2.05, 4.69) is 36.5 Å². The van der Waals surface area contributed by atoms with Gasteiger partial charge < -0.3 is 15.1 Å². The Labute approximate surface area is 178 Å². The summed E-state index contributed by atoms with van der Waals surface area (Å²) in [6.07, 6.45) is 12.6. The fraction of sp³-hybridized carbons (Fsp3) is 0.560. The van der Waals surface area contributed by atoms with Crippen LogP contribution in [0.2, 0.25) is 0 Å². The van der Waals surface area contributed by atoms with Gasteiger partial charge in [-0.2, -0.15) is 0 Å². The van der Waals surface area contributed by atoms with Gasteiger partial charge in [-0.1, -0.05) is 36.3 Å². The molecule has 1 spiro atoms. The van der Waals surface area contributed by atoms with Crippen LogP contribution in [0.15, 0.2) is 47.6 Å². The van der Waals surface area contributed by atoms with Crippen molar-refractivity contribution in [2.45, 2.75) is 63.1 Å². The topological polar surface area (TPSA) is 35.6 Å². The van der Waals surface area contributed by atoms with E-state index in [1.54, 1.807) is 0 Å². The Kier molecular flexibility index (Phi) is 4.97. The first-order chi connectivity index (χ1) is 14.4. The molecule has 5 rings (SSSR count). The third-order valence-electron chi connectivity index (χ3n) is 7.82. The first-order valence-corrected chi connectivity index (χ1v) is 11.3. The summed E-state index contributed by atoms with van der Waals surface area (Å²) in [6.45, 7) is 0.723. The van der Waals surface area contributed by atoms with Gasteiger partial charge in [0.15, 0.2) is 0 Å². The van der Waals surface area contributed by atoms with Crippen molar-refractivity contribution in [2.24, 2.45) is 5.41 Å². The zero-order valence-corrected chi connectivity index (χ0v) is 18.0. The van der Waals surface area contributed by atoms with Crippen molar-refractivity contribution in [1.82, 2.24) is 15.1 Å². The van der Waals surface area contributed by atoms with Crippen LogP contribution in [0.4, 0.5) is 9.18 Å². The molecule has 30 heavy (non-hydrogen) atoms. The Balaban J connectivity index is 1.39. The number of nitrogens with zero attached hydrogens (tertiary/aromatic N) is 2. The zero-order chi connectivity index (χ0) is 20.9. The summed E-state index contributed by atoms with van der Waals surface area (Å²) in [6, 6.07) is 7.37. The van der Waals surface area contributed by atoms with E-state index in [1.165, 1.54) is 42.5 Å². The molecule has 4 nitrogen and oxygen atoms in total. The van der Waals surface area contributed by atoms with Gasteiger partial charge in [0, 0.05) is 18.6 Å². The minimum absolute atomic E-state index is 0.00964. The third kappa shape index (κ3) is 3.47. The average Bonchev–Trinajstić information content (AvgIpc) is 2.68. The van der Waals surface area contributed by atoms with E-state index in [0.717, 1.165) is 37.8 Å². The molecule has 5 heteroatoms. The Morgan fingerprint density at radius 1 is 1.20 bits per heavy atom. The molecule has 1 aromatic rings. The first kappa shape index (κ1) is 19.8. The maximum absolute atomic E-state index is 13.6. The van der Waals surface area contributed by atoms with E-state index in [1.807, 2.05) is 17.0 Å². The highest BCUT2D eigenvalue weighted by molar-refractivity contribution is 5.76. The highest BCUT2D eigenvalue weighted by Crippen LogP contribution is 2.53. The van der Waals surface area contributed by atoms with Crippen LogP contribution in [-0.4, -0.2) is 48.6 Å². The lowest BCUT2D eigenvalue weighted by Crippen LogP contribution is -2.56. The summed E-state index contributed by atoms with van der Waals surface area (Å²) in [7, 11) is 4.19. The van der Waals surface area contributed by atoms with Crippen LogP contribution >= 0.6 is 0 Å². The number of urea groups is 1. The van der Waals surface area contributed by atoms with Gasteiger partial charge in [0.1, 0.15) is 5.82 Å². The second-order valence-electron chi connectivity index (χ2n) is 9.92. The monoisotopic (exact) mass is 409 g/mol.